The van der Waals surface area contributed by atoms with Gasteiger partial charge in [-0.05, 0) is 30.6 Å². The monoisotopic (exact) mass is 413 g/mol. The second kappa shape index (κ2) is 11.9. The molecular formula is C21H28N5O2P. The summed E-state index contributed by atoms with van der Waals surface area (Å²) in [5, 5.41) is 16.1. The Labute approximate surface area is 173 Å². The number of aryl methyl sites for hydroxylation is 1. The van der Waals surface area contributed by atoms with E-state index < -0.39 is 0 Å². The zero-order valence-corrected chi connectivity index (χ0v) is 17.5. The van der Waals surface area contributed by atoms with E-state index in [9.17, 15) is 9.59 Å². The maximum Gasteiger partial charge on any atom is 0.239 e. The zero-order chi connectivity index (χ0) is 21.1. The fourth-order valence-corrected chi connectivity index (χ4v) is 3.38. The quantitative estimate of drug-likeness (QED) is 0.218. The number of benzene rings is 2. The summed E-state index contributed by atoms with van der Waals surface area (Å²) in [5.74, 6) is -0.419. The van der Waals surface area contributed by atoms with Crippen molar-refractivity contribution in [2.75, 3.05) is 13.2 Å². The van der Waals surface area contributed by atoms with Gasteiger partial charge in [0.15, 0.2) is 0 Å². The molecule has 0 radical (unpaired) electrons. The summed E-state index contributed by atoms with van der Waals surface area (Å²) in [6, 6.07) is 16.8. The number of amides is 2. The minimum Gasteiger partial charge on any atom is -0.384 e. The highest BCUT2D eigenvalue weighted by Gasteiger charge is 2.17. The van der Waals surface area contributed by atoms with Gasteiger partial charge in [0.05, 0.1) is 12.6 Å². The van der Waals surface area contributed by atoms with Gasteiger partial charge in [-0.3, -0.25) is 20.1 Å². The topological polar surface area (TPSA) is 120 Å². The fraction of sp³-hybridized carbons (Fsp3) is 0.286. The maximum atomic E-state index is 12.5. The molecular weight excluding hydrogens is 385 g/mol. The molecule has 0 fully saturated rings. The van der Waals surface area contributed by atoms with Crippen LogP contribution in [0.1, 0.15) is 23.1 Å². The Hall–Kier alpha value is -2.76. The van der Waals surface area contributed by atoms with Crippen LogP contribution < -0.4 is 21.5 Å². The van der Waals surface area contributed by atoms with Crippen LogP contribution in [0.15, 0.2) is 54.6 Å². The van der Waals surface area contributed by atoms with E-state index in [4.69, 9.17) is 11.1 Å². The van der Waals surface area contributed by atoms with E-state index >= 15 is 0 Å². The van der Waals surface area contributed by atoms with Crippen LogP contribution in [0.25, 0.3) is 0 Å². The van der Waals surface area contributed by atoms with Crippen molar-refractivity contribution in [2.24, 2.45) is 5.73 Å². The van der Waals surface area contributed by atoms with Crippen LogP contribution in [-0.4, -0.2) is 36.9 Å². The molecule has 6 N–H and O–H groups in total. The van der Waals surface area contributed by atoms with Crippen molar-refractivity contribution in [3.63, 3.8) is 0 Å². The van der Waals surface area contributed by atoms with Gasteiger partial charge >= 0.3 is 0 Å². The number of carbonyl (C=O) groups excluding carboxylic acids is 2. The summed E-state index contributed by atoms with van der Waals surface area (Å²) >= 11 is 0. The Balaban J connectivity index is 1.75. The predicted molar refractivity (Wildman–Crippen MR) is 118 cm³/mol. The molecule has 8 heteroatoms. The van der Waals surface area contributed by atoms with Gasteiger partial charge in [-0.2, -0.15) is 0 Å². The van der Waals surface area contributed by atoms with Crippen molar-refractivity contribution < 1.29 is 9.59 Å². The molecule has 29 heavy (non-hydrogen) atoms. The molecule has 0 saturated carbocycles. The molecule has 7 nitrogen and oxygen atoms in total. The van der Waals surface area contributed by atoms with E-state index in [1.165, 1.54) is 5.56 Å². The van der Waals surface area contributed by atoms with Crippen molar-refractivity contribution >= 4 is 26.4 Å². The number of amidine groups is 1. The Morgan fingerprint density at radius 2 is 1.72 bits per heavy atom. The van der Waals surface area contributed by atoms with Gasteiger partial charge < -0.3 is 16.4 Å². The Bertz CT molecular complexity index is 812. The minimum atomic E-state index is -0.328. The van der Waals surface area contributed by atoms with Gasteiger partial charge in [0.25, 0.3) is 0 Å². The van der Waals surface area contributed by atoms with Crippen molar-refractivity contribution in [1.82, 2.24) is 15.7 Å². The molecule has 2 amide bonds. The third-order valence-corrected chi connectivity index (χ3v) is 5.01. The number of carbonyl (C=O) groups is 2. The zero-order valence-electron chi connectivity index (χ0n) is 16.5. The number of rotatable bonds is 11. The summed E-state index contributed by atoms with van der Waals surface area (Å²) in [7, 11) is 0.440. The van der Waals surface area contributed by atoms with Crippen LogP contribution in [0, 0.1) is 5.41 Å². The van der Waals surface area contributed by atoms with Crippen molar-refractivity contribution in [3.05, 3.63) is 71.3 Å². The number of nitrogens with one attached hydrogen (secondary N) is 4. The van der Waals surface area contributed by atoms with E-state index in [1.807, 2.05) is 37.0 Å². The normalized spacial score (nSPS) is 11.9. The molecule has 2 aromatic carbocycles. The Morgan fingerprint density at radius 1 is 1.03 bits per heavy atom. The number of hydrogen-bond donors (Lipinski definition) is 5. The number of nitrogen functional groups attached to an aromatic ring is 1. The molecule has 2 rings (SSSR count). The smallest absolute Gasteiger partial charge is 0.239 e. The van der Waals surface area contributed by atoms with Gasteiger partial charge in [0.1, 0.15) is 5.84 Å². The van der Waals surface area contributed by atoms with Gasteiger partial charge in [0, 0.05) is 12.1 Å². The molecule has 0 spiro atoms. The van der Waals surface area contributed by atoms with Crippen molar-refractivity contribution in [2.45, 2.75) is 25.4 Å². The first-order valence-electron chi connectivity index (χ1n) is 9.43. The third-order valence-electron chi connectivity index (χ3n) is 4.38. The van der Waals surface area contributed by atoms with E-state index in [2.05, 4.69) is 15.7 Å². The summed E-state index contributed by atoms with van der Waals surface area (Å²) in [5.41, 5.74) is 8.13. The minimum absolute atomic E-state index is 0.00594. The summed E-state index contributed by atoms with van der Waals surface area (Å²) in [6.07, 6.45) is 1.46. The molecule has 0 aromatic heterocycles. The predicted octanol–water partition coefficient (Wildman–Crippen LogP) is 1.52. The highest BCUT2D eigenvalue weighted by molar-refractivity contribution is 7.34. The van der Waals surface area contributed by atoms with Crippen LogP contribution in [0.3, 0.4) is 0 Å². The van der Waals surface area contributed by atoms with Crippen molar-refractivity contribution in [1.29, 1.82) is 5.41 Å². The third kappa shape index (κ3) is 8.02. The first-order chi connectivity index (χ1) is 14.0. The van der Waals surface area contributed by atoms with E-state index in [1.54, 1.807) is 24.3 Å². The van der Waals surface area contributed by atoms with Gasteiger partial charge in [-0.25, -0.2) is 0 Å². The molecule has 154 valence electrons. The largest absolute Gasteiger partial charge is 0.384 e. The average molecular weight is 413 g/mol. The lowest BCUT2D eigenvalue weighted by Crippen LogP contribution is -2.45. The molecule has 0 saturated heterocycles. The molecule has 1 unspecified atom stereocenters. The highest BCUT2D eigenvalue weighted by Crippen LogP contribution is 2.09. The molecule has 0 aliphatic rings. The van der Waals surface area contributed by atoms with Crippen LogP contribution in [-0.2, 0) is 22.6 Å². The first kappa shape index (κ1) is 22.5. The standard InChI is InChI=1S/C21H28N5O2P/c1-29-26-18(12-9-15-5-3-2-4-6-15)21(28)25-14-19(27)24-13-16-7-10-17(11-8-16)20(22)23/h2-8,10-11,18,26,29H,9,12-14H2,1H3,(H3,22,23)(H,24,27)(H,25,28)/t18-/m1/s1. The maximum absolute atomic E-state index is 12.5. The van der Waals surface area contributed by atoms with Crippen LogP contribution in [0.2, 0.25) is 0 Å². The second-order valence-electron chi connectivity index (χ2n) is 6.58. The van der Waals surface area contributed by atoms with Crippen LogP contribution in [0.4, 0.5) is 0 Å². The van der Waals surface area contributed by atoms with Crippen molar-refractivity contribution in [3.8, 4) is 0 Å². The Morgan fingerprint density at radius 3 is 2.34 bits per heavy atom. The van der Waals surface area contributed by atoms with E-state index in [-0.39, 0.29) is 30.2 Å². The number of hydrogen-bond acceptors (Lipinski definition) is 4. The van der Waals surface area contributed by atoms with E-state index in [0.29, 0.717) is 27.3 Å². The summed E-state index contributed by atoms with van der Waals surface area (Å²) in [4.78, 5) is 24.5. The van der Waals surface area contributed by atoms with Crippen LogP contribution in [0.5, 0.6) is 0 Å². The molecule has 0 bridgehead atoms. The Kier molecular flexibility index (Phi) is 9.28. The molecule has 0 heterocycles. The number of nitrogens with two attached hydrogens (primary N) is 1. The lowest BCUT2D eigenvalue weighted by molar-refractivity contribution is -0.127. The van der Waals surface area contributed by atoms with E-state index in [0.717, 1.165) is 12.0 Å². The summed E-state index contributed by atoms with van der Waals surface area (Å²) in [6.45, 7) is 2.26. The summed E-state index contributed by atoms with van der Waals surface area (Å²) < 4.78 is 0. The SMILES string of the molecule is CPN[C@H](CCc1ccccc1)C(=O)NCC(=O)NCc1ccc(C(=N)N)cc1. The average Bonchev–Trinajstić information content (AvgIpc) is 2.74. The second-order valence-corrected chi connectivity index (χ2v) is 7.37. The lowest BCUT2D eigenvalue weighted by atomic mass is 10.1. The highest BCUT2D eigenvalue weighted by atomic mass is 31.1. The molecule has 0 aliphatic heterocycles. The van der Waals surface area contributed by atoms with Gasteiger partial charge in [-0.15, -0.1) is 0 Å². The molecule has 2 atom stereocenters. The van der Waals surface area contributed by atoms with Crippen LogP contribution >= 0.6 is 8.73 Å². The fourth-order valence-electron chi connectivity index (χ4n) is 2.75. The van der Waals surface area contributed by atoms with Gasteiger partial charge in [0.2, 0.25) is 11.8 Å². The van der Waals surface area contributed by atoms with Gasteiger partial charge in [-0.1, -0.05) is 63.3 Å². The molecule has 0 aliphatic carbocycles. The molecule has 2 aromatic rings. The first-order valence-corrected chi connectivity index (χ1v) is 10.9. The lowest BCUT2D eigenvalue weighted by Gasteiger charge is -2.17.